The lowest BCUT2D eigenvalue weighted by Crippen LogP contribution is -2.51. The average molecular weight is 498 g/mol. The molecule has 184 valence electrons. The number of aromatic nitrogens is 2. The van der Waals surface area contributed by atoms with Gasteiger partial charge in [0.25, 0.3) is 5.92 Å². The maximum atomic E-state index is 13.6. The van der Waals surface area contributed by atoms with Crippen LogP contribution in [0.1, 0.15) is 60.8 Å². The van der Waals surface area contributed by atoms with Gasteiger partial charge < -0.3 is 15.5 Å². The Balaban J connectivity index is 0.00000306. The van der Waals surface area contributed by atoms with Crippen LogP contribution in [0, 0.1) is 0 Å². The molecule has 7 nitrogen and oxygen atoms in total. The van der Waals surface area contributed by atoms with Gasteiger partial charge in [-0.05, 0) is 19.3 Å². The molecular formula is C20H25ClF5N5O2. The highest BCUT2D eigenvalue weighted by Gasteiger charge is 2.42. The SMILES string of the molecule is Cl.N[C@@H](CC(=O)N1CCc2c(nc(C3CC3)nc2C(F)(F)F)C1)CN1CC(F)(F)CCC1=O. The molecule has 1 aliphatic carbocycles. The van der Waals surface area contributed by atoms with Crippen LogP contribution >= 0.6 is 12.4 Å². The van der Waals surface area contributed by atoms with Crippen LogP contribution in [0.4, 0.5) is 22.0 Å². The van der Waals surface area contributed by atoms with Crippen molar-refractivity contribution in [1.82, 2.24) is 19.8 Å². The summed E-state index contributed by atoms with van der Waals surface area (Å²) in [7, 11) is 0. The molecule has 13 heteroatoms. The molecule has 2 aliphatic heterocycles. The fourth-order valence-electron chi connectivity index (χ4n) is 4.18. The summed E-state index contributed by atoms with van der Waals surface area (Å²) in [4.78, 5) is 35.0. The Hall–Kier alpha value is -2.08. The molecule has 1 atom stereocenters. The van der Waals surface area contributed by atoms with E-state index in [0.29, 0.717) is 0 Å². The Morgan fingerprint density at radius 2 is 1.91 bits per heavy atom. The van der Waals surface area contributed by atoms with E-state index in [1.807, 2.05) is 0 Å². The van der Waals surface area contributed by atoms with Crippen molar-refractivity contribution in [1.29, 1.82) is 0 Å². The standard InChI is InChI=1S/C20H24F5N5O2.ClH/c21-19(22)5-3-15(31)30(10-19)8-12(26)7-16(32)29-6-4-13-14(9-29)27-18(11-1-2-11)28-17(13)20(23,24)25;/h11-12H,1-10,26H2;1H/t12-;/m0./s1. The molecule has 0 aromatic carbocycles. The second-order valence-electron chi connectivity index (χ2n) is 8.79. The van der Waals surface area contributed by atoms with E-state index in [4.69, 9.17) is 5.73 Å². The van der Waals surface area contributed by atoms with Crippen molar-refractivity contribution in [2.45, 2.75) is 69.1 Å². The van der Waals surface area contributed by atoms with Gasteiger partial charge in [-0.3, -0.25) is 9.59 Å². The van der Waals surface area contributed by atoms with E-state index < -0.39 is 48.6 Å². The maximum Gasteiger partial charge on any atom is 0.433 e. The minimum Gasteiger partial charge on any atom is -0.336 e. The van der Waals surface area contributed by atoms with Gasteiger partial charge in [-0.15, -0.1) is 12.4 Å². The van der Waals surface area contributed by atoms with E-state index in [1.165, 1.54) is 4.90 Å². The van der Waals surface area contributed by atoms with Gasteiger partial charge in [-0.1, -0.05) is 0 Å². The van der Waals surface area contributed by atoms with E-state index in [2.05, 4.69) is 9.97 Å². The summed E-state index contributed by atoms with van der Waals surface area (Å²) < 4.78 is 67.7. The number of piperidine rings is 1. The highest BCUT2D eigenvalue weighted by atomic mass is 35.5. The molecular weight excluding hydrogens is 473 g/mol. The monoisotopic (exact) mass is 497 g/mol. The maximum absolute atomic E-state index is 13.6. The number of hydrogen-bond donors (Lipinski definition) is 1. The highest BCUT2D eigenvalue weighted by Crippen LogP contribution is 2.41. The largest absolute Gasteiger partial charge is 0.433 e. The zero-order valence-corrected chi connectivity index (χ0v) is 18.5. The first-order valence-corrected chi connectivity index (χ1v) is 10.6. The molecule has 2 amide bonds. The number of alkyl halides is 5. The minimum absolute atomic E-state index is 0. The lowest BCUT2D eigenvalue weighted by Gasteiger charge is -2.34. The second kappa shape index (κ2) is 9.28. The molecule has 1 aromatic rings. The molecule has 3 aliphatic rings. The summed E-state index contributed by atoms with van der Waals surface area (Å²) in [5.41, 5.74) is 5.22. The summed E-state index contributed by atoms with van der Waals surface area (Å²) in [6.07, 6.45) is -4.16. The van der Waals surface area contributed by atoms with Crippen LogP contribution in [0.5, 0.6) is 0 Å². The number of amides is 2. The second-order valence-corrected chi connectivity index (χ2v) is 8.79. The molecule has 0 bridgehead atoms. The van der Waals surface area contributed by atoms with Gasteiger partial charge in [0.15, 0.2) is 5.69 Å². The minimum atomic E-state index is -4.60. The number of fused-ring (bicyclic) bond motifs is 1. The van der Waals surface area contributed by atoms with E-state index in [9.17, 15) is 31.5 Å². The topological polar surface area (TPSA) is 92.4 Å². The Labute approximate surface area is 193 Å². The van der Waals surface area contributed by atoms with Crippen LogP contribution in [-0.2, 0) is 28.7 Å². The van der Waals surface area contributed by atoms with E-state index in [-0.39, 0.29) is 74.3 Å². The Morgan fingerprint density at radius 1 is 1.21 bits per heavy atom. The van der Waals surface area contributed by atoms with Crippen molar-refractivity contribution in [2.75, 3.05) is 19.6 Å². The van der Waals surface area contributed by atoms with Crippen molar-refractivity contribution >= 4 is 24.2 Å². The number of nitrogens with two attached hydrogens (primary N) is 1. The van der Waals surface area contributed by atoms with Crippen LogP contribution in [0.25, 0.3) is 0 Å². The molecule has 4 rings (SSSR count). The van der Waals surface area contributed by atoms with Crippen LogP contribution < -0.4 is 5.73 Å². The van der Waals surface area contributed by atoms with Gasteiger partial charge in [-0.25, -0.2) is 18.7 Å². The lowest BCUT2D eigenvalue weighted by atomic mass is 10.0. The number of carbonyl (C=O) groups excluding carboxylic acids is 2. The normalized spacial score (nSPS) is 21.3. The fourth-order valence-corrected chi connectivity index (χ4v) is 4.18. The summed E-state index contributed by atoms with van der Waals surface area (Å²) >= 11 is 0. The summed E-state index contributed by atoms with van der Waals surface area (Å²) in [5, 5.41) is 0. The summed E-state index contributed by atoms with van der Waals surface area (Å²) in [6, 6.07) is -0.861. The first kappa shape index (κ1) is 25.5. The molecule has 1 aromatic heterocycles. The van der Waals surface area contributed by atoms with Crippen molar-refractivity contribution < 1.29 is 31.5 Å². The van der Waals surface area contributed by atoms with Crippen molar-refractivity contribution in [2.24, 2.45) is 5.73 Å². The molecule has 3 heterocycles. The van der Waals surface area contributed by atoms with Gasteiger partial charge in [-0.2, -0.15) is 13.2 Å². The quantitative estimate of drug-likeness (QED) is 0.631. The van der Waals surface area contributed by atoms with Crippen molar-refractivity contribution in [3.63, 3.8) is 0 Å². The molecule has 33 heavy (non-hydrogen) atoms. The Bertz CT molecular complexity index is 925. The molecule has 1 saturated carbocycles. The Morgan fingerprint density at radius 3 is 2.55 bits per heavy atom. The van der Waals surface area contributed by atoms with Gasteiger partial charge >= 0.3 is 6.18 Å². The number of carbonyl (C=O) groups is 2. The number of nitrogens with zero attached hydrogens (tertiary/aromatic N) is 4. The van der Waals surface area contributed by atoms with Crippen molar-refractivity contribution in [3.8, 4) is 0 Å². The first-order chi connectivity index (χ1) is 14.9. The summed E-state index contributed by atoms with van der Waals surface area (Å²) in [6.45, 7) is -0.954. The zero-order valence-electron chi connectivity index (χ0n) is 17.7. The number of hydrogen-bond acceptors (Lipinski definition) is 5. The van der Waals surface area contributed by atoms with Gasteiger partial charge in [0, 0.05) is 49.9 Å². The first-order valence-electron chi connectivity index (χ1n) is 10.6. The molecule has 0 radical (unpaired) electrons. The molecule has 0 spiro atoms. The van der Waals surface area contributed by atoms with E-state index in [1.54, 1.807) is 0 Å². The smallest absolute Gasteiger partial charge is 0.336 e. The molecule has 0 unspecified atom stereocenters. The highest BCUT2D eigenvalue weighted by molar-refractivity contribution is 5.85. The third kappa shape index (κ3) is 5.89. The molecule has 1 saturated heterocycles. The van der Waals surface area contributed by atoms with Gasteiger partial charge in [0.1, 0.15) is 5.82 Å². The van der Waals surface area contributed by atoms with Crippen LogP contribution in [-0.4, -0.2) is 63.2 Å². The van der Waals surface area contributed by atoms with Gasteiger partial charge in [0.2, 0.25) is 11.8 Å². The molecule has 2 N–H and O–H groups in total. The zero-order chi connectivity index (χ0) is 23.3. The lowest BCUT2D eigenvalue weighted by molar-refractivity contribution is -0.148. The third-order valence-electron chi connectivity index (χ3n) is 6.02. The van der Waals surface area contributed by atoms with Crippen LogP contribution in [0.2, 0.25) is 0 Å². The van der Waals surface area contributed by atoms with Crippen LogP contribution in [0.15, 0.2) is 0 Å². The average Bonchev–Trinajstić information content (AvgIpc) is 3.54. The van der Waals surface area contributed by atoms with Crippen molar-refractivity contribution in [3.05, 3.63) is 22.8 Å². The molecule has 2 fully saturated rings. The number of rotatable bonds is 5. The predicted octanol–water partition coefficient (Wildman–Crippen LogP) is 2.65. The Kier molecular flexibility index (Phi) is 7.18. The summed E-state index contributed by atoms with van der Waals surface area (Å²) in [5.74, 6) is -3.76. The predicted molar refractivity (Wildman–Crippen MR) is 109 cm³/mol. The number of halogens is 6. The van der Waals surface area contributed by atoms with Crippen LogP contribution in [0.3, 0.4) is 0 Å². The number of likely N-dealkylation sites (tertiary alicyclic amines) is 1. The van der Waals surface area contributed by atoms with Gasteiger partial charge in [0.05, 0.1) is 18.8 Å². The third-order valence-corrected chi connectivity index (χ3v) is 6.02. The van der Waals surface area contributed by atoms with E-state index >= 15 is 0 Å². The fraction of sp³-hybridized carbons (Fsp3) is 0.700. The van der Waals surface area contributed by atoms with E-state index in [0.717, 1.165) is 17.7 Å².